The van der Waals surface area contributed by atoms with E-state index in [1.54, 1.807) is 36.2 Å². The molecule has 44 heavy (non-hydrogen) atoms. The minimum Gasteiger partial charge on any atom is -0.463 e. The summed E-state index contributed by atoms with van der Waals surface area (Å²) in [5.41, 5.74) is 5.44. The summed E-state index contributed by atoms with van der Waals surface area (Å²) in [5.74, 6) is -0.471. The molecule has 6 nitrogen and oxygen atoms in total. The van der Waals surface area contributed by atoms with Gasteiger partial charge in [0.05, 0.1) is 28.5 Å². The summed E-state index contributed by atoms with van der Waals surface area (Å²) in [5, 5.41) is 2.21. The number of rotatable bonds is 7. The van der Waals surface area contributed by atoms with Gasteiger partial charge in [-0.25, -0.2) is 9.79 Å². The van der Waals surface area contributed by atoms with Gasteiger partial charge in [-0.1, -0.05) is 70.9 Å². The molecular formula is C34H29Cl2N3O3S2. The van der Waals surface area contributed by atoms with Crippen molar-refractivity contribution < 1.29 is 9.53 Å². The first-order valence-corrected chi connectivity index (χ1v) is 16.9. The molecule has 0 bridgehead atoms. The van der Waals surface area contributed by atoms with Crippen molar-refractivity contribution in [3.8, 4) is 0 Å². The Morgan fingerprint density at radius 2 is 1.84 bits per heavy atom. The molecule has 1 atom stereocenters. The second kappa shape index (κ2) is 12.4. The summed E-state index contributed by atoms with van der Waals surface area (Å²) in [7, 11) is 0. The number of carbonyl (C=O) groups is 1. The zero-order valence-electron chi connectivity index (χ0n) is 24.6. The summed E-state index contributed by atoms with van der Waals surface area (Å²) in [6, 6.07) is 20.9. The fraction of sp³-hybridized carbons (Fsp3) is 0.206. The van der Waals surface area contributed by atoms with Crippen LogP contribution in [0.5, 0.6) is 0 Å². The second-order valence-electron chi connectivity index (χ2n) is 10.4. The van der Waals surface area contributed by atoms with Crippen LogP contribution < -0.4 is 14.9 Å². The van der Waals surface area contributed by atoms with Gasteiger partial charge in [0.15, 0.2) is 4.80 Å². The molecule has 0 unspecified atom stereocenters. The van der Waals surface area contributed by atoms with Crippen molar-refractivity contribution in [2.75, 3.05) is 12.9 Å². The number of allylic oxidation sites excluding steroid dienone is 1. The van der Waals surface area contributed by atoms with Crippen LogP contribution in [0.2, 0.25) is 10.0 Å². The van der Waals surface area contributed by atoms with E-state index in [0.717, 1.165) is 38.2 Å². The largest absolute Gasteiger partial charge is 0.463 e. The molecule has 0 N–H and O–H groups in total. The molecule has 0 aliphatic carbocycles. The van der Waals surface area contributed by atoms with Gasteiger partial charge in [-0.15, -0.1) is 11.8 Å². The van der Waals surface area contributed by atoms with E-state index in [-0.39, 0.29) is 12.2 Å². The number of para-hydroxylation sites is 1. The third kappa shape index (κ3) is 5.45. The van der Waals surface area contributed by atoms with Crippen molar-refractivity contribution in [1.29, 1.82) is 0 Å². The van der Waals surface area contributed by atoms with Crippen molar-refractivity contribution in [2.24, 2.45) is 4.99 Å². The van der Waals surface area contributed by atoms with Crippen LogP contribution in [-0.2, 0) is 16.1 Å². The van der Waals surface area contributed by atoms with Gasteiger partial charge in [-0.2, -0.15) is 0 Å². The van der Waals surface area contributed by atoms with Crippen molar-refractivity contribution in [1.82, 2.24) is 9.13 Å². The van der Waals surface area contributed by atoms with E-state index in [1.165, 1.54) is 11.3 Å². The highest BCUT2D eigenvalue weighted by Crippen LogP contribution is 2.33. The molecular weight excluding hydrogens is 633 g/mol. The second-order valence-corrected chi connectivity index (χ2v) is 13.1. The molecule has 3 aromatic carbocycles. The topological polar surface area (TPSA) is 65.6 Å². The fourth-order valence-corrected chi connectivity index (χ4v) is 7.59. The van der Waals surface area contributed by atoms with E-state index >= 15 is 0 Å². The van der Waals surface area contributed by atoms with Gasteiger partial charge >= 0.3 is 5.97 Å². The molecule has 0 amide bonds. The molecule has 3 heterocycles. The Morgan fingerprint density at radius 1 is 1.09 bits per heavy atom. The minimum atomic E-state index is -0.655. The highest BCUT2D eigenvalue weighted by molar-refractivity contribution is 7.98. The number of hydrogen-bond acceptors (Lipinski definition) is 6. The number of ether oxygens (including phenoxy) is 1. The van der Waals surface area contributed by atoms with Crippen LogP contribution in [0.3, 0.4) is 0 Å². The van der Waals surface area contributed by atoms with Crippen molar-refractivity contribution >= 4 is 69.2 Å². The SMILES string of the molecule is CCOC(=O)C1=C(C)N=c2s/c(=C\c3c(C)n(Cc4ccc(Cl)cc4Cl)c4ccccc34)c(=O)n2[C@H]1c1ccc(SC)cc1. The number of nitrogens with zero attached hydrogens (tertiary/aromatic N) is 3. The summed E-state index contributed by atoms with van der Waals surface area (Å²) >= 11 is 15.6. The molecule has 0 saturated carbocycles. The first-order chi connectivity index (χ1) is 21.2. The van der Waals surface area contributed by atoms with Gasteiger partial charge < -0.3 is 9.30 Å². The molecule has 0 fully saturated rings. The van der Waals surface area contributed by atoms with Gasteiger partial charge in [0.1, 0.15) is 0 Å². The molecule has 0 saturated heterocycles. The fourth-order valence-electron chi connectivity index (χ4n) is 5.69. The average Bonchev–Trinajstić information content (AvgIpc) is 3.46. The summed E-state index contributed by atoms with van der Waals surface area (Å²) in [4.78, 5) is 33.8. The molecule has 0 spiro atoms. The number of hydrogen-bond donors (Lipinski definition) is 0. The van der Waals surface area contributed by atoms with E-state index in [4.69, 9.17) is 32.9 Å². The number of aromatic nitrogens is 2. The van der Waals surface area contributed by atoms with Crippen LogP contribution in [0.1, 0.15) is 42.3 Å². The van der Waals surface area contributed by atoms with Crippen LogP contribution in [0.4, 0.5) is 0 Å². The highest BCUT2D eigenvalue weighted by atomic mass is 35.5. The van der Waals surface area contributed by atoms with Gasteiger partial charge in [0.2, 0.25) is 0 Å². The standard InChI is InChI=1S/C34H29Cl2N3O3S2/c1-5-42-33(41)30-19(2)37-34-39(31(30)21-11-14-24(43-4)15-12-21)32(40)29(44-34)17-26-20(3)38(28-9-7-6-8-25(26)28)18-22-10-13-23(35)16-27(22)36/h6-17,31H,5,18H2,1-4H3/b29-17-/t31-/m0/s1. The van der Waals surface area contributed by atoms with E-state index in [2.05, 4.69) is 16.7 Å². The monoisotopic (exact) mass is 661 g/mol. The average molecular weight is 663 g/mol. The molecule has 2 aromatic heterocycles. The Hall–Kier alpha value is -3.56. The zero-order valence-corrected chi connectivity index (χ0v) is 27.7. The number of fused-ring (bicyclic) bond motifs is 2. The molecule has 6 rings (SSSR count). The van der Waals surface area contributed by atoms with Gasteiger partial charge in [-0.05, 0) is 74.6 Å². The smallest absolute Gasteiger partial charge is 0.338 e. The highest BCUT2D eigenvalue weighted by Gasteiger charge is 2.33. The first-order valence-electron chi connectivity index (χ1n) is 14.1. The van der Waals surface area contributed by atoms with Crippen LogP contribution >= 0.6 is 46.3 Å². The van der Waals surface area contributed by atoms with Crippen molar-refractivity contribution in [3.05, 3.63) is 130 Å². The lowest BCUT2D eigenvalue weighted by Gasteiger charge is -2.24. The third-order valence-corrected chi connectivity index (χ3v) is 10.2. The normalized spacial score (nSPS) is 15.0. The number of benzene rings is 3. The summed E-state index contributed by atoms with van der Waals surface area (Å²) < 4.78 is 9.80. The van der Waals surface area contributed by atoms with Crippen LogP contribution in [-0.4, -0.2) is 28.0 Å². The Labute approximate surface area is 272 Å². The Bertz CT molecular complexity index is 2140. The molecule has 5 aromatic rings. The lowest BCUT2D eigenvalue weighted by atomic mass is 9.96. The van der Waals surface area contributed by atoms with Crippen LogP contribution in [0.15, 0.2) is 92.7 Å². The minimum absolute atomic E-state index is 0.209. The molecule has 1 aliphatic heterocycles. The predicted octanol–water partition coefficient (Wildman–Crippen LogP) is 7.14. The summed E-state index contributed by atoms with van der Waals surface area (Å²) in [6.45, 7) is 6.39. The van der Waals surface area contributed by atoms with Crippen molar-refractivity contribution in [3.63, 3.8) is 0 Å². The molecule has 1 aliphatic rings. The van der Waals surface area contributed by atoms with E-state index in [0.29, 0.717) is 37.2 Å². The zero-order chi connectivity index (χ0) is 31.1. The number of thiazole rings is 1. The van der Waals surface area contributed by atoms with Crippen LogP contribution in [0, 0.1) is 6.92 Å². The first kappa shape index (κ1) is 30.5. The van der Waals surface area contributed by atoms with Crippen LogP contribution in [0.25, 0.3) is 17.0 Å². The summed E-state index contributed by atoms with van der Waals surface area (Å²) in [6.07, 6.45) is 3.95. The maximum atomic E-state index is 14.2. The van der Waals surface area contributed by atoms with E-state index in [9.17, 15) is 9.59 Å². The lowest BCUT2D eigenvalue weighted by molar-refractivity contribution is -0.139. The maximum Gasteiger partial charge on any atom is 0.338 e. The van der Waals surface area contributed by atoms with E-state index < -0.39 is 12.0 Å². The van der Waals surface area contributed by atoms with E-state index in [1.807, 2.05) is 67.8 Å². The number of halogens is 2. The number of thioether (sulfide) groups is 1. The lowest BCUT2D eigenvalue weighted by Crippen LogP contribution is -2.39. The molecule has 224 valence electrons. The Kier molecular flexibility index (Phi) is 8.61. The number of esters is 1. The third-order valence-electron chi connectivity index (χ3n) is 7.85. The van der Waals surface area contributed by atoms with Gasteiger partial charge in [0, 0.05) is 43.6 Å². The van der Waals surface area contributed by atoms with Gasteiger partial charge in [0.25, 0.3) is 5.56 Å². The Morgan fingerprint density at radius 3 is 2.55 bits per heavy atom. The molecule has 0 radical (unpaired) electrons. The Balaban J connectivity index is 1.54. The molecule has 10 heteroatoms. The maximum absolute atomic E-state index is 14.2. The predicted molar refractivity (Wildman–Crippen MR) is 181 cm³/mol. The number of carbonyl (C=O) groups excluding carboxylic acids is 1. The van der Waals surface area contributed by atoms with Crippen molar-refractivity contribution in [2.45, 2.75) is 38.3 Å². The quantitative estimate of drug-likeness (QED) is 0.137. The van der Waals surface area contributed by atoms with Gasteiger partial charge in [-0.3, -0.25) is 9.36 Å².